The van der Waals surface area contributed by atoms with Crippen molar-refractivity contribution in [2.75, 3.05) is 13.1 Å². The van der Waals surface area contributed by atoms with Crippen LogP contribution in [0.2, 0.25) is 0 Å². The molecular formula is C11H15BrN2O2S. The maximum atomic E-state index is 12.2. The summed E-state index contributed by atoms with van der Waals surface area (Å²) in [7, 11) is -3.47. The van der Waals surface area contributed by atoms with Crippen molar-refractivity contribution < 1.29 is 8.42 Å². The molecule has 0 aliphatic carbocycles. The van der Waals surface area contributed by atoms with Gasteiger partial charge in [0.25, 0.3) is 0 Å². The average molecular weight is 319 g/mol. The molecule has 0 bridgehead atoms. The van der Waals surface area contributed by atoms with Crippen molar-refractivity contribution in [3.8, 4) is 0 Å². The van der Waals surface area contributed by atoms with Gasteiger partial charge in [-0.1, -0.05) is 12.1 Å². The summed E-state index contributed by atoms with van der Waals surface area (Å²) in [4.78, 5) is 0.285. The Kier molecular flexibility index (Phi) is 3.58. The molecule has 1 atom stereocenters. The maximum Gasteiger partial charge on any atom is 0.242 e. The van der Waals surface area contributed by atoms with Gasteiger partial charge in [-0.15, -0.1) is 0 Å². The normalized spacial score (nSPS) is 25.1. The van der Waals surface area contributed by atoms with E-state index in [1.807, 2.05) is 6.92 Å². The standard InChI is InChI=1S/C11H15BrN2O2S/c1-11(6-7-13-8-11)14-17(15,16)10-5-3-2-4-9(10)12/h2-5,13-14H,6-8H2,1H3. The first kappa shape index (κ1) is 13.0. The Hall–Kier alpha value is -0.430. The van der Waals surface area contributed by atoms with E-state index in [-0.39, 0.29) is 4.90 Å². The predicted molar refractivity (Wildman–Crippen MR) is 70.4 cm³/mol. The van der Waals surface area contributed by atoms with Crippen LogP contribution < -0.4 is 10.0 Å². The summed E-state index contributed by atoms with van der Waals surface area (Å²) in [6, 6.07) is 6.83. The minimum Gasteiger partial charge on any atom is -0.315 e. The number of hydrogen-bond donors (Lipinski definition) is 2. The van der Waals surface area contributed by atoms with Crippen molar-refractivity contribution in [1.29, 1.82) is 0 Å². The van der Waals surface area contributed by atoms with Crippen LogP contribution in [0.4, 0.5) is 0 Å². The van der Waals surface area contributed by atoms with Crippen LogP contribution in [-0.2, 0) is 10.0 Å². The van der Waals surface area contributed by atoms with Crippen molar-refractivity contribution in [1.82, 2.24) is 10.0 Å². The van der Waals surface area contributed by atoms with Gasteiger partial charge in [-0.25, -0.2) is 13.1 Å². The second kappa shape index (κ2) is 4.68. The van der Waals surface area contributed by atoms with Crippen molar-refractivity contribution in [2.45, 2.75) is 23.8 Å². The van der Waals surface area contributed by atoms with Crippen LogP contribution in [0.5, 0.6) is 0 Å². The fourth-order valence-corrected chi connectivity index (χ4v) is 4.39. The van der Waals surface area contributed by atoms with E-state index in [4.69, 9.17) is 0 Å². The topological polar surface area (TPSA) is 58.2 Å². The highest BCUT2D eigenvalue weighted by atomic mass is 79.9. The van der Waals surface area contributed by atoms with Crippen molar-refractivity contribution >= 4 is 26.0 Å². The Bertz CT molecular complexity index is 510. The molecule has 0 aromatic heterocycles. The van der Waals surface area contributed by atoms with Crippen LogP contribution in [-0.4, -0.2) is 27.0 Å². The van der Waals surface area contributed by atoms with Gasteiger partial charge in [0, 0.05) is 16.6 Å². The van der Waals surface area contributed by atoms with Gasteiger partial charge in [0.05, 0.1) is 4.90 Å². The van der Waals surface area contributed by atoms with Crippen molar-refractivity contribution in [2.24, 2.45) is 0 Å². The summed E-state index contributed by atoms with van der Waals surface area (Å²) in [5.74, 6) is 0. The zero-order valence-electron chi connectivity index (χ0n) is 9.53. The molecule has 1 aromatic carbocycles. The average Bonchev–Trinajstić information content (AvgIpc) is 2.64. The highest BCUT2D eigenvalue weighted by molar-refractivity contribution is 9.10. The van der Waals surface area contributed by atoms with E-state index >= 15 is 0 Å². The predicted octanol–water partition coefficient (Wildman–Crippen LogP) is 1.48. The Morgan fingerprint density at radius 2 is 2.12 bits per heavy atom. The largest absolute Gasteiger partial charge is 0.315 e. The molecule has 2 N–H and O–H groups in total. The van der Waals surface area contributed by atoms with Crippen LogP contribution >= 0.6 is 15.9 Å². The van der Waals surface area contributed by atoms with E-state index in [2.05, 4.69) is 26.0 Å². The SMILES string of the molecule is CC1(NS(=O)(=O)c2ccccc2Br)CCNC1. The van der Waals surface area contributed by atoms with Gasteiger partial charge in [0.2, 0.25) is 10.0 Å². The summed E-state index contributed by atoms with van der Waals surface area (Å²) < 4.78 is 27.8. The smallest absolute Gasteiger partial charge is 0.242 e. The minimum absolute atomic E-state index is 0.285. The fourth-order valence-electron chi connectivity index (χ4n) is 1.95. The molecule has 4 nitrogen and oxygen atoms in total. The molecule has 17 heavy (non-hydrogen) atoms. The van der Waals surface area contributed by atoms with E-state index in [1.165, 1.54) is 0 Å². The van der Waals surface area contributed by atoms with Crippen LogP contribution in [0.3, 0.4) is 0 Å². The van der Waals surface area contributed by atoms with Crippen molar-refractivity contribution in [3.05, 3.63) is 28.7 Å². The lowest BCUT2D eigenvalue weighted by Crippen LogP contribution is -2.47. The maximum absolute atomic E-state index is 12.2. The lowest BCUT2D eigenvalue weighted by atomic mass is 10.0. The van der Waals surface area contributed by atoms with E-state index in [9.17, 15) is 8.42 Å². The van der Waals surface area contributed by atoms with Gasteiger partial charge >= 0.3 is 0 Å². The Morgan fingerprint density at radius 3 is 2.71 bits per heavy atom. The molecular weight excluding hydrogens is 304 g/mol. The van der Waals surface area contributed by atoms with E-state index in [1.54, 1.807) is 24.3 Å². The van der Waals surface area contributed by atoms with E-state index < -0.39 is 15.6 Å². The summed E-state index contributed by atoms with van der Waals surface area (Å²) in [6.45, 7) is 3.42. The van der Waals surface area contributed by atoms with Crippen LogP contribution in [0.15, 0.2) is 33.6 Å². The number of halogens is 1. The fraction of sp³-hybridized carbons (Fsp3) is 0.455. The zero-order valence-corrected chi connectivity index (χ0v) is 11.9. The van der Waals surface area contributed by atoms with Gasteiger partial charge in [-0.3, -0.25) is 0 Å². The molecule has 1 unspecified atom stereocenters. The third-order valence-corrected chi connectivity index (χ3v) is 5.53. The third-order valence-electron chi connectivity index (χ3n) is 2.88. The van der Waals surface area contributed by atoms with Gasteiger partial charge in [0.1, 0.15) is 0 Å². The summed E-state index contributed by atoms with van der Waals surface area (Å²) in [5, 5.41) is 3.16. The third kappa shape index (κ3) is 2.88. The number of sulfonamides is 1. The first-order valence-corrected chi connectivity index (χ1v) is 7.70. The highest BCUT2D eigenvalue weighted by Crippen LogP contribution is 2.24. The molecule has 2 rings (SSSR count). The molecule has 1 saturated heterocycles. The monoisotopic (exact) mass is 318 g/mol. The number of nitrogens with one attached hydrogen (secondary N) is 2. The quantitative estimate of drug-likeness (QED) is 0.887. The molecule has 6 heteroatoms. The number of benzene rings is 1. The Labute approximate surface area is 110 Å². The van der Waals surface area contributed by atoms with Gasteiger partial charge in [0.15, 0.2) is 0 Å². The lowest BCUT2D eigenvalue weighted by molar-refractivity contribution is 0.452. The van der Waals surface area contributed by atoms with E-state index in [0.29, 0.717) is 11.0 Å². The van der Waals surface area contributed by atoms with Gasteiger partial charge in [-0.05, 0) is 48.0 Å². The molecule has 0 spiro atoms. The molecule has 1 aliphatic rings. The summed E-state index contributed by atoms with van der Waals surface area (Å²) in [6.07, 6.45) is 0.802. The van der Waals surface area contributed by atoms with Crippen molar-refractivity contribution in [3.63, 3.8) is 0 Å². The molecule has 1 heterocycles. The molecule has 0 amide bonds. The molecule has 0 saturated carbocycles. The van der Waals surface area contributed by atoms with Gasteiger partial charge < -0.3 is 5.32 Å². The number of rotatable bonds is 3. The molecule has 1 aromatic rings. The van der Waals surface area contributed by atoms with E-state index in [0.717, 1.165) is 13.0 Å². The highest BCUT2D eigenvalue weighted by Gasteiger charge is 2.34. The van der Waals surface area contributed by atoms with Crippen LogP contribution in [0.25, 0.3) is 0 Å². The lowest BCUT2D eigenvalue weighted by Gasteiger charge is -2.24. The second-order valence-corrected chi connectivity index (χ2v) is 7.03. The zero-order chi connectivity index (χ0) is 12.5. The Balaban J connectivity index is 2.28. The summed E-state index contributed by atoms with van der Waals surface area (Å²) in [5.41, 5.74) is -0.395. The minimum atomic E-state index is -3.47. The molecule has 94 valence electrons. The van der Waals surface area contributed by atoms with Gasteiger partial charge in [-0.2, -0.15) is 0 Å². The Morgan fingerprint density at radius 1 is 1.41 bits per heavy atom. The molecule has 1 fully saturated rings. The number of hydrogen-bond acceptors (Lipinski definition) is 3. The first-order valence-electron chi connectivity index (χ1n) is 5.42. The second-order valence-electron chi connectivity index (χ2n) is 4.52. The van der Waals surface area contributed by atoms with Crippen LogP contribution in [0.1, 0.15) is 13.3 Å². The molecule has 0 radical (unpaired) electrons. The van der Waals surface area contributed by atoms with Crippen LogP contribution in [0, 0.1) is 0 Å². The summed E-state index contributed by atoms with van der Waals surface area (Å²) >= 11 is 3.26. The first-order chi connectivity index (χ1) is 7.93. The molecule has 1 aliphatic heterocycles.